The molecule has 1 aromatic carbocycles. The van der Waals surface area contributed by atoms with Crippen molar-refractivity contribution in [1.82, 2.24) is 9.55 Å². The minimum Gasteiger partial charge on any atom is -0.479 e. The van der Waals surface area contributed by atoms with Crippen molar-refractivity contribution in [3.05, 3.63) is 58.9 Å². The van der Waals surface area contributed by atoms with Crippen molar-refractivity contribution in [1.29, 1.82) is 0 Å². The van der Waals surface area contributed by atoms with Crippen LogP contribution in [0.5, 0.6) is 0 Å². The minimum atomic E-state index is -4.88. The quantitative estimate of drug-likeness (QED) is 0.280. The zero-order valence-corrected chi connectivity index (χ0v) is 22.3. The molecule has 1 saturated heterocycles. The van der Waals surface area contributed by atoms with Gasteiger partial charge in [-0.05, 0) is 42.3 Å². The molecule has 41 heavy (non-hydrogen) atoms. The van der Waals surface area contributed by atoms with Gasteiger partial charge in [-0.1, -0.05) is 6.07 Å². The molecule has 5 atom stereocenters. The molecular weight excluding hydrogens is 577 g/mol. The van der Waals surface area contributed by atoms with Gasteiger partial charge in [0.2, 0.25) is 6.29 Å². The molecule has 1 aliphatic heterocycles. The summed E-state index contributed by atoms with van der Waals surface area (Å²) in [5.74, 6) is -2.71. The van der Waals surface area contributed by atoms with Crippen molar-refractivity contribution in [2.45, 2.75) is 61.7 Å². The van der Waals surface area contributed by atoms with Gasteiger partial charge in [-0.3, -0.25) is 4.79 Å². The topological polar surface area (TPSA) is 185 Å². The molecule has 4 N–H and O–H groups in total. The van der Waals surface area contributed by atoms with E-state index in [-0.39, 0.29) is 17.8 Å². The summed E-state index contributed by atoms with van der Waals surface area (Å²) in [4.78, 5) is 27.9. The second kappa shape index (κ2) is 11.0. The number of pyridine rings is 1. The number of halogens is 3. The molecule has 3 aromatic rings. The van der Waals surface area contributed by atoms with Gasteiger partial charge in [0.15, 0.2) is 15.9 Å². The van der Waals surface area contributed by atoms with Crippen LogP contribution in [0.1, 0.15) is 22.4 Å². The minimum absolute atomic E-state index is 0.214. The Balaban J connectivity index is 1.67. The first-order valence-electron chi connectivity index (χ1n) is 12.0. The van der Waals surface area contributed by atoms with Crippen LogP contribution in [0, 0.1) is 6.92 Å². The third kappa shape index (κ3) is 6.06. The standard InChI is InChI=1S/C25H25F3N2O10S/c1-11-15(9-17(31)39-24-20(34)18(32)19(33)21(40-24)23(35)36)14-4-3-7-29-22(14)30(11)10-12-5-6-13(41(2,37)38)8-16(12)25(26,27)28/h3-8,18-21,24,32-34H,9-10H2,1-2H3,(H,35,36)/t18-,19-,20+,21-,24+/m0/s1. The highest BCUT2D eigenvalue weighted by molar-refractivity contribution is 7.90. The van der Waals surface area contributed by atoms with Crippen LogP contribution in [0.2, 0.25) is 0 Å². The van der Waals surface area contributed by atoms with E-state index in [4.69, 9.17) is 9.47 Å². The van der Waals surface area contributed by atoms with Gasteiger partial charge in [0, 0.05) is 30.1 Å². The van der Waals surface area contributed by atoms with E-state index in [2.05, 4.69) is 4.98 Å². The molecule has 1 aliphatic rings. The highest BCUT2D eigenvalue weighted by Gasteiger charge is 2.48. The number of benzene rings is 1. The van der Waals surface area contributed by atoms with Crippen LogP contribution in [-0.4, -0.2) is 87.3 Å². The maximum Gasteiger partial charge on any atom is 0.416 e. The fraction of sp³-hybridized carbons (Fsp3) is 0.400. The van der Waals surface area contributed by atoms with Gasteiger partial charge in [0.1, 0.15) is 24.0 Å². The van der Waals surface area contributed by atoms with Crippen LogP contribution in [-0.2, 0) is 48.0 Å². The maximum atomic E-state index is 13.9. The van der Waals surface area contributed by atoms with E-state index in [1.54, 1.807) is 6.07 Å². The van der Waals surface area contributed by atoms with Crippen molar-refractivity contribution >= 4 is 32.8 Å². The summed E-state index contributed by atoms with van der Waals surface area (Å²) >= 11 is 0. The van der Waals surface area contributed by atoms with Crippen molar-refractivity contribution < 1.29 is 61.1 Å². The first-order chi connectivity index (χ1) is 19.0. The number of aliphatic hydroxyl groups is 3. The molecule has 12 nitrogen and oxygen atoms in total. The third-order valence-electron chi connectivity index (χ3n) is 6.73. The molecular formula is C25H25F3N2O10S. The molecule has 2 aromatic heterocycles. The number of ether oxygens (including phenoxy) is 2. The van der Waals surface area contributed by atoms with E-state index < -0.39 is 75.5 Å². The number of carboxylic acid groups (broad SMARTS) is 1. The molecule has 0 radical (unpaired) electrons. The lowest BCUT2D eigenvalue weighted by atomic mass is 9.99. The number of aromatic nitrogens is 2. The Kier molecular flexibility index (Phi) is 8.17. The van der Waals surface area contributed by atoms with E-state index in [1.807, 2.05) is 0 Å². The van der Waals surface area contributed by atoms with E-state index in [0.717, 1.165) is 18.4 Å². The number of carbonyl (C=O) groups is 2. The number of sulfone groups is 1. The number of nitrogens with zero attached hydrogens (tertiary/aromatic N) is 2. The lowest BCUT2D eigenvalue weighted by Gasteiger charge is -2.37. The lowest BCUT2D eigenvalue weighted by molar-refractivity contribution is -0.286. The fourth-order valence-electron chi connectivity index (χ4n) is 4.60. The van der Waals surface area contributed by atoms with Gasteiger partial charge < -0.3 is 34.5 Å². The van der Waals surface area contributed by atoms with Crippen molar-refractivity contribution in [2.75, 3.05) is 6.26 Å². The summed E-state index contributed by atoms with van der Waals surface area (Å²) in [5.41, 5.74) is -0.585. The van der Waals surface area contributed by atoms with Gasteiger partial charge in [0.05, 0.1) is 16.9 Å². The summed E-state index contributed by atoms with van der Waals surface area (Å²) in [6.45, 7) is 1.14. The van der Waals surface area contributed by atoms with Crippen LogP contribution in [0.4, 0.5) is 13.2 Å². The molecule has 0 unspecified atom stereocenters. The number of alkyl halides is 3. The number of aliphatic carboxylic acids is 1. The monoisotopic (exact) mass is 602 g/mol. The summed E-state index contributed by atoms with van der Waals surface area (Å²) < 4.78 is 76.9. The van der Waals surface area contributed by atoms with Crippen LogP contribution in [0.3, 0.4) is 0 Å². The third-order valence-corrected chi connectivity index (χ3v) is 7.84. The number of rotatable bonds is 7. The summed E-state index contributed by atoms with van der Waals surface area (Å²) in [6, 6.07) is 5.78. The Hall–Kier alpha value is -3.57. The van der Waals surface area contributed by atoms with Gasteiger partial charge in [-0.2, -0.15) is 13.2 Å². The SMILES string of the molecule is Cc1c(CC(=O)O[C@@H]2O[C@H](C(=O)O)[C@@H](O)[C@H](O)[C@H]2O)c2cccnc2n1Cc1ccc(S(C)(=O)=O)cc1C(F)(F)F. The Labute approximate surface area is 230 Å². The molecule has 1 fully saturated rings. The number of carboxylic acids is 1. The second-order valence-electron chi connectivity index (χ2n) is 9.52. The van der Waals surface area contributed by atoms with E-state index >= 15 is 0 Å². The summed E-state index contributed by atoms with van der Waals surface area (Å²) in [6.07, 6.45) is -13.1. The predicted molar refractivity (Wildman–Crippen MR) is 132 cm³/mol. The molecule has 0 amide bonds. The number of aliphatic hydroxyl groups excluding tert-OH is 3. The molecule has 16 heteroatoms. The lowest BCUT2D eigenvalue weighted by Crippen LogP contribution is -2.60. The number of hydrogen-bond donors (Lipinski definition) is 4. The van der Waals surface area contributed by atoms with Gasteiger partial charge in [0.25, 0.3) is 0 Å². The summed E-state index contributed by atoms with van der Waals surface area (Å²) in [7, 11) is -3.92. The van der Waals surface area contributed by atoms with Crippen molar-refractivity contribution in [3.63, 3.8) is 0 Å². The smallest absolute Gasteiger partial charge is 0.416 e. The average Bonchev–Trinajstić information content (AvgIpc) is 3.13. The normalized spacial score (nSPS) is 23.5. The van der Waals surface area contributed by atoms with E-state index in [1.165, 1.54) is 23.8 Å². The Morgan fingerprint density at radius 2 is 1.80 bits per heavy atom. The first-order valence-corrected chi connectivity index (χ1v) is 13.8. The van der Waals surface area contributed by atoms with Gasteiger partial charge in [-0.15, -0.1) is 0 Å². The zero-order valence-electron chi connectivity index (χ0n) is 21.4. The van der Waals surface area contributed by atoms with E-state index in [9.17, 15) is 51.6 Å². The molecule has 4 rings (SSSR count). The van der Waals surface area contributed by atoms with Gasteiger partial charge >= 0.3 is 18.1 Å². The Morgan fingerprint density at radius 1 is 1.12 bits per heavy atom. The maximum absolute atomic E-state index is 13.9. The Bertz CT molecular complexity index is 1600. The van der Waals surface area contributed by atoms with Crippen LogP contribution in [0.25, 0.3) is 11.0 Å². The highest BCUT2D eigenvalue weighted by Crippen LogP contribution is 2.35. The number of hydrogen-bond acceptors (Lipinski definition) is 10. The number of carbonyl (C=O) groups excluding carboxylic acids is 1. The summed E-state index contributed by atoms with van der Waals surface area (Å²) in [5, 5.41) is 39.4. The number of fused-ring (bicyclic) bond motifs is 1. The molecule has 0 bridgehead atoms. The fourth-order valence-corrected chi connectivity index (χ4v) is 5.25. The number of esters is 1. The zero-order chi connectivity index (χ0) is 30.4. The van der Waals surface area contributed by atoms with Crippen LogP contribution >= 0.6 is 0 Å². The van der Waals surface area contributed by atoms with Crippen molar-refractivity contribution in [2.24, 2.45) is 0 Å². The molecule has 222 valence electrons. The van der Waals surface area contributed by atoms with Crippen molar-refractivity contribution in [3.8, 4) is 0 Å². The predicted octanol–water partition coefficient (Wildman–Crippen LogP) is 0.793. The highest BCUT2D eigenvalue weighted by atomic mass is 32.2. The average molecular weight is 603 g/mol. The molecule has 3 heterocycles. The second-order valence-corrected chi connectivity index (χ2v) is 11.5. The van der Waals surface area contributed by atoms with Gasteiger partial charge in [-0.25, -0.2) is 18.2 Å². The Morgan fingerprint density at radius 3 is 2.41 bits per heavy atom. The molecule has 0 spiro atoms. The van der Waals surface area contributed by atoms with Crippen LogP contribution in [0.15, 0.2) is 41.4 Å². The largest absolute Gasteiger partial charge is 0.479 e. The van der Waals surface area contributed by atoms with E-state index in [0.29, 0.717) is 22.7 Å². The van der Waals surface area contributed by atoms with Crippen LogP contribution < -0.4 is 0 Å². The first kappa shape index (κ1) is 30.4. The molecule has 0 saturated carbocycles. The molecule has 0 aliphatic carbocycles.